The number of hydrogen-bond donors (Lipinski definition) is 0. The summed E-state index contributed by atoms with van der Waals surface area (Å²) in [4.78, 5) is 28.2. The summed E-state index contributed by atoms with van der Waals surface area (Å²) in [5.74, 6) is 0.179. The van der Waals surface area contributed by atoms with Gasteiger partial charge in [-0.15, -0.1) is 0 Å². The summed E-state index contributed by atoms with van der Waals surface area (Å²) in [5, 5.41) is 4.36. The molecule has 0 N–H and O–H groups in total. The third-order valence-corrected chi connectivity index (χ3v) is 5.15. The minimum atomic E-state index is -0.238. The molecule has 2 amide bonds. The van der Waals surface area contributed by atoms with Gasteiger partial charge in [0, 0.05) is 29.8 Å². The smallest absolute Gasteiger partial charge is 0.265 e. The number of anilines is 1. The molecule has 0 unspecified atom stereocenters. The van der Waals surface area contributed by atoms with E-state index in [-0.39, 0.29) is 25.0 Å². The maximum absolute atomic E-state index is 12.8. The number of carbonyl (C=O) groups excluding carboxylic acids is 2. The van der Waals surface area contributed by atoms with E-state index in [9.17, 15) is 9.59 Å². The summed E-state index contributed by atoms with van der Waals surface area (Å²) in [6.07, 6.45) is 3.63. The van der Waals surface area contributed by atoms with E-state index in [1.54, 1.807) is 35.0 Å². The molecule has 1 aliphatic rings. The van der Waals surface area contributed by atoms with Gasteiger partial charge in [0.1, 0.15) is 12.3 Å². The second-order valence-electron chi connectivity index (χ2n) is 6.76. The molecular weight excluding hydrogens is 436 g/mol. The molecule has 0 radical (unpaired) electrons. The van der Waals surface area contributed by atoms with Crippen LogP contribution in [0.5, 0.6) is 5.75 Å². The molecule has 1 aromatic heterocycles. The quantitative estimate of drug-likeness (QED) is 0.594. The largest absolute Gasteiger partial charge is 0.482 e. The molecule has 0 bridgehead atoms. The second-order valence-corrected chi connectivity index (χ2v) is 7.67. The highest BCUT2D eigenvalue weighted by Crippen LogP contribution is 2.34. The molecule has 148 valence electrons. The van der Waals surface area contributed by atoms with Gasteiger partial charge in [-0.3, -0.25) is 14.5 Å². The maximum Gasteiger partial charge on any atom is 0.265 e. The number of ether oxygens (including phenoxy) is 1. The number of rotatable bonds is 5. The monoisotopic (exact) mass is 454 g/mol. The minimum absolute atomic E-state index is 0.0415. The van der Waals surface area contributed by atoms with Crippen molar-refractivity contribution < 1.29 is 14.3 Å². The van der Waals surface area contributed by atoms with Gasteiger partial charge < -0.3 is 9.64 Å². The summed E-state index contributed by atoms with van der Waals surface area (Å²) in [6.45, 7) is 0.280. The fraction of sp³-hybridized carbons (Fsp3) is 0.190. The first-order valence-electron chi connectivity index (χ1n) is 9.07. The molecule has 0 saturated carbocycles. The number of amides is 2. The number of likely N-dealkylation sites (N-methyl/N-ethyl adjacent to an activating group) is 1. The first-order chi connectivity index (χ1) is 14.0. The van der Waals surface area contributed by atoms with Gasteiger partial charge in [0.05, 0.1) is 17.6 Å². The molecule has 2 aromatic carbocycles. The van der Waals surface area contributed by atoms with E-state index in [0.717, 1.165) is 15.7 Å². The highest BCUT2D eigenvalue weighted by Gasteiger charge is 2.28. The lowest BCUT2D eigenvalue weighted by Gasteiger charge is -2.30. The number of nitrogens with zero attached hydrogens (tertiary/aromatic N) is 4. The van der Waals surface area contributed by atoms with Crippen molar-refractivity contribution in [3.05, 3.63) is 71.0 Å². The molecule has 3 aromatic rings. The Morgan fingerprint density at radius 1 is 1.24 bits per heavy atom. The molecule has 8 heteroatoms. The third-order valence-electron chi connectivity index (χ3n) is 4.66. The molecule has 1 aliphatic heterocycles. The summed E-state index contributed by atoms with van der Waals surface area (Å²) < 4.78 is 8.09. The average molecular weight is 455 g/mol. The Labute approximate surface area is 176 Å². The van der Waals surface area contributed by atoms with Crippen LogP contribution in [0.15, 0.2) is 65.4 Å². The van der Waals surface area contributed by atoms with Gasteiger partial charge in [0.25, 0.3) is 5.91 Å². The van der Waals surface area contributed by atoms with Crippen molar-refractivity contribution in [3.8, 4) is 11.4 Å². The Hall–Kier alpha value is -3.13. The SMILES string of the molecule is CN(Cc1cnn(-c2ccccc2)c1)C(=O)CN1C(=O)COc2cc(Br)ccc21. The molecule has 2 heterocycles. The van der Waals surface area contributed by atoms with Crippen molar-refractivity contribution in [3.63, 3.8) is 0 Å². The van der Waals surface area contributed by atoms with E-state index < -0.39 is 0 Å². The Morgan fingerprint density at radius 3 is 2.83 bits per heavy atom. The molecule has 0 fully saturated rings. The van der Waals surface area contributed by atoms with Crippen LogP contribution in [-0.2, 0) is 16.1 Å². The molecule has 0 atom stereocenters. The highest BCUT2D eigenvalue weighted by atomic mass is 79.9. The fourth-order valence-corrected chi connectivity index (χ4v) is 3.47. The van der Waals surface area contributed by atoms with Gasteiger partial charge in [-0.1, -0.05) is 34.1 Å². The van der Waals surface area contributed by atoms with Gasteiger partial charge in [0.15, 0.2) is 6.61 Å². The molecular formula is C21H19BrN4O3. The van der Waals surface area contributed by atoms with Crippen LogP contribution in [0.3, 0.4) is 0 Å². The van der Waals surface area contributed by atoms with E-state index in [4.69, 9.17) is 4.74 Å². The summed E-state index contributed by atoms with van der Waals surface area (Å²) in [6, 6.07) is 15.2. The number of carbonyl (C=O) groups is 2. The molecule has 0 saturated heterocycles. The number of benzene rings is 2. The van der Waals surface area contributed by atoms with Crippen LogP contribution >= 0.6 is 15.9 Å². The summed E-state index contributed by atoms with van der Waals surface area (Å²) in [5.41, 5.74) is 2.46. The molecule has 29 heavy (non-hydrogen) atoms. The molecule has 7 nitrogen and oxygen atoms in total. The lowest BCUT2D eigenvalue weighted by atomic mass is 10.2. The van der Waals surface area contributed by atoms with E-state index in [0.29, 0.717) is 18.0 Å². The van der Waals surface area contributed by atoms with Crippen molar-refractivity contribution in [2.24, 2.45) is 0 Å². The number of halogens is 1. The van der Waals surface area contributed by atoms with E-state index in [1.807, 2.05) is 42.6 Å². The van der Waals surface area contributed by atoms with Crippen molar-refractivity contribution in [2.75, 3.05) is 25.1 Å². The number of aromatic nitrogens is 2. The van der Waals surface area contributed by atoms with E-state index >= 15 is 0 Å². The van der Waals surface area contributed by atoms with Crippen molar-refractivity contribution in [1.29, 1.82) is 0 Å². The zero-order valence-corrected chi connectivity index (χ0v) is 17.4. The van der Waals surface area contributed by atoms with Gasteiger partial charge in [-0.25, -0.2) is 4.68 Å². The first-order valence-corrected chi connectivity index (χ1v) is 9.86. The van der Waals surface area contributed by atoms with Gasteiger partial charge in [-0.05, 0) is 30.3 Å². The van der Waals surface area contributed by atoms with Crippen LogP contribution in [0.4, 0.5) is 5.69 Å². The number of hydrogen-bond acceptors (Lipinski definition) is 4. The lowest BCUT2D eigenvalue weighted by Crippen LogP contribution is -2.45. The highest BCUT2D eigenvalue weighted by molar-refractivity contribution is 9.10. The molecule has 0 spiro atoms. The van der Waals surface area contributed by atoms with Crippen LogP contribution < -0.4 is 9.64 Å². The van der Waals surface area contributed by atoms with Crippen LogP contribution in [0.2, 0.25) is 0 Å². The maximum atomic E-state index is 12.8. The van der Waals surface area contributed by atoms with E-state index in [1.165, 1.54) is 4.90 Å². The number of fused-ring (bicyclic) bond motifs is 1. The second kappa shape index (κ2) is 8.08. The predicted octanol–water partition coefficient (Wildman–Crippen LogP) is 3.02. The van der Waals surface area contributed by atoms with Gasteiger partial charge >= 0.3 is 0 Å². The van der Waals surface area contributed by atoms with Gasteiger partial charge in [0.2, 0.25) is 5.91 Å². The first kappa shape index (κ1) is 19.2. The van der Waals surface area contributed by atoms with Crippen LogP contribution in [0.25, 0.3) is 5.69 Å². The molecule has 4 rings (SSSR count). The van der Waals surface area contributed by atoms with Crippen molar-refractivity contribution >= 4 is 33.4 Å². The molecule has 0 aliphatic carbocycles. The Kier molecular flexibility index (Phi) is 5.35. The van der Waals surface area contributed by atoms with Crippen molar-refractivity contribution in [1.82, 2.24) is 14.7 Å². The standard InChI is InChI=1S/C21H19BrN4O3/c1-24(11-15-10-23-26(12-15)17-5-3-2-4-6-17)20(27)13-25-18-8-7-16(22)9-19(18)29-14-21(25)28/h2-10,12H,11,13-14H2,1H3. The summed E-state index contributed by atoms with van der Waals surface area (Å²) in [7, 11) is 1.72. The minimum Gasteiger partial charge on any atom is -0.482 e. The topological polar surface area (TPSA) is 67.7 Å². The Balaban J connectivity index is 1.44. The average Bonchev–Trinajstić information content (AvgIpc) is 3.19. The van der Waals surface area contributed by atoms with E-state index in [2.05, 4.69) is 21.0 Å². The van der Waals surface area contributed by atoms with Crippen molar-refractivity contribution in [2.45, 2.75) is 6.54 Å². The lowest BCUT2D eigenvalue weighted by molar-refractivity contribution is -0.131. The van der Waals surface area contributed by atoms with Crippen LogP contribution in [0, 0.1) is 0 Å². The summed E-state index contributed by atoms with van der Waals surface area (Å²) >= 11 is 3.39. The Bertz CT molecular complexity index is 1050. The van der Waals surface area contributed by atoms with Gasteiger partial charge in [-0.2, -0.15) is 5.10 Å². The van der Waals surface area contributed by atoms with Crippen LogP contribution in [0.1, 0.15) is 5.56 Å². The fourth-order valence-electron chi connectivity index (χ4n) is 3.13. The Morgan fingerprint density at radius 2 is 2.03 bits per heavy atom. The normalized spacial score (nSPS) is 13.0. The van der Waals surface area contributed by atoms with Crippen LogP contribution in [-0.4, -0.2) is 46.7 Å². The number of para-hydroxylation sites is 1. The predicted molar refractivity (Wildman–Crippen MR) is 112 cm³/mol. The third kappa shape index (κ3) is 4.17. The zero-order chi connectivity index (χ0) is 20.4. The zero-order valence-electron chi connectivity index (χ0n) is 15.8.